The summed E-state index contributed by atoms with van der Waals surface area (Å²) in [7, 11) is 0. The third kappa shape index (κ3) is 4.23. The number of aliphatic hydroxyl groups is 1. The lowest BCUT2D eigenvalue weighted by Gasteiger charge is -2.02. The largest absolute Gasteiger partial charge is 0.395 e. The molecule has 0 saturated heterocycles. The number of aliphatic hydroxyl groups excluding tert-OH is 1. The van der Waals surface area contributed by atoms with Gasteiger partial charge in [-0.15, -0.1) is 12.4 Å². The Morgan fingerprint density at radius 2 is 1.88 bits per heavy atom. The summed E-state index contributed by atoms with van der Waals surface area (Å²) in [6.07, 6.45) is -2.61. The number of hydrogen-bond donors (Lipinski definition) is 2. The van der Waals surface area contributed by atoms with Gasteiger partial charge in [-0.25, -0.2) is 8.78 Å². The summed E-state index contributed by atoms with van der Waals surface area (Å²) in [6.45, 7) is -0.655. The quantitative estimate of drug-likeness (QED) is 0.577. The highest BCUT2D eigenvalue weighted by atomic mass is 35.5. The predicted octanol–water partition coefficient (Wildman–Crippen LogP) is -0.00710. The van der Waals surface area contributed by atoms with Crippen molar-refractivity contribution in [2.45, 2.75) is 12.5 Å². The van der Waals surface area contributed by atoms with Gasteiger partial charge in [0.05, 0.1) is 12.6 Å². The van der Waals surface area contributed by atoms with Crippen LogP contribution >= 0.6 is 12.4 Å². The Kier molecular flexibility index (Phi) is 7.13. The van der Waals surface area contributed by atoms with E-state index in [0.717, 1.165) is 0 Å². The molecule has 0 unspecified atom stereocenters. The normalized spacial score (nSPS) is 13.1. The molecule has 0 fully saturated rings. The zero-order valence-electron chi connectivity index (χ0n) is 4.05. The van der Waals surface area contributed by atoms with Crippen LogP contribution in [0.3, 0.4) is 0 Å². The Bertz CT molecular complexity index is 54.5. The van der Waals surface area contributed by atoms with E-state index in [9.17, 15) is 8.78 Å². The van der Waals surface area contributed by atoms with E-state index < -0.39 is 19.1 Å². The maximum Gasteiger partial charge on any atom is 0.255 e. The molecule has 8 heavy (non-hydrogen) atoms. The van der Waals surface area contributed by atoms with Crippen molar-refractivity contribution in [3.05, 3.63) is 0 Å². The first-order valence-corrected chi connectivity index (χ1v) is 1.83. The van der Waals surface area contributed by atoms with E-state index in [1.165, 1.54) is 0 Å². The number of nitrogens with two attached hydrogens (primary N) is 1. The lowest BCUT2D eigenvalue weighted by Crippen LogP contribution is -2.32. The van der Waals surface area contributed by atoms with E-state index in [4.69, 9.17) is 5.11 Å². The fourth-order valence-corrected chi connectivity index (χ4v) is 0.0797. The van der Waals surface area contributed by atoms with Crippen molar-refractivity contribution >= 4 is 12.4 Å². The zero-order valence-corrected chi connectivity index (χ0v) is 4.87. The van der Waals surface area contributed by atoms with Gasteiger partial charge < -0.3 is 10.8 Å². The highest BCUT2D eigenvalue weighted by molar-refractivity contribution is 5.85. The van der Waals surface area contributed by atoms with E-state index in [2.05, 4.69) is 5.73 Å². The van der Waals surface area contributed by atoms with E-state index in [1.54, 1.807) is 0 Å². The summed E-state index contributed by atoms with van der Waals surface area (Å²) >= 11 is 0. The number of hydrogen-bond acceptors (Lipinski definition) is 2. The molecular formula is C3H8ClF2NO. The average molecular weight is 148 g/mol. The highest BCUT2D eigenvalue weighted by Gasteiger charge is 2.11. The van der Waals surface area contributed by atoms with Crippen LogP contribution in [0.2, 0.25) is 0 Å². The summed E-state index contributed by atoms with van der Waals surface area (Å²) < 4.78 is 22.3. The number of rotatable bonds is 2. The van der Waals surface area contributed by atoms with Crippen LogP contribution in [0.25, 0.3) is 0 Å². The van der Waals surface area contributed by atoms with Gasteiger partial charge in [0.15, 0.2) is 0 Å². The van der Waals surface area contributed by atoms with Gasteiger partial charge in [0, 0.05) is 0 Å². The smallest absolute Gasteiger partial charge is 0.255 e. The predicted molar refractivity (Wildman–Crippen MR) is 28.3 cm³/mol. The third-order valence-corrected chi connectivity index (χ3v) is 0.534. The first kappa shape index (κ1) is 10.9. The molecule has 0 aliphatic heterocycles. The first-order valence-electron chi connectivity index (χ1n) is 1.83. The summed E-state index contributed by atoms with van der Waals surface area (Å²) in [5.41, 5.74) is 4.62. The van der Waals surface area contributed by atoms with Crippen LogP contribution in [-0.2, 0) is 0 Å². The number of alkyl halides is 2. The van der Waals surface area contributed by atoms with Gasteiger partial charge >= 0.3 is 0 Å². The average Bonchev–Trinajstić information content (AvgIpc) is 1.65. The second-order valence-corrected chi connectivity index (χ2v) is 1.18. The van der Waals surface area contributed by atoms with Crippen molar-refractivity contribution in [3.63, 3.8) is 0 Å². The van der Waals surface area contributed by atoms with Gasteiger partial charge in [-0.3, -0.25) is 0 Å². The molecule has 1 atom stereocenters. The van der Waals surface area contributed by atoms with E-state index in [-0.39, 0.29) is 12.4 Å². The van der Waals surface area contributed by atoms with Crippen molar-refractivity contribution in [2.75, 3.05) is 6.61 Å². The van der Waals surface area contributed by atoms with Crippen molar-refractivity contribution in [1.29, 1.82) is 0 Å². The van der Waals surface area contributed by atoms with Crippen molar-refractivity contribution < 1.29 is 13.9 Å². The maximum absolute atomic E-state index is 11.1. The van der Waals surface area contributed by atoms with Crippen molar-refractivity contribution in [2.24, 2.45) is 5.73 Å². The van der Waals surface area contributed by atoms with Crippen LogP contribution in [0.15, 0.2) is 0 Å². The fraction of sp³-hybridized carbons (Fsp3) is 1.00. The van der Waals surface area contributed by atoms with Gasteiger partial charge in [-0.2, -0.15) is 0 Å². The molecule has 0 aromatic heterocycles. The monoisotopic (exact) mass is 147 g/mol. The molecule has 0 bridgehead atoms. The Balaban J connectivity index is 0. The van der Waals surface area contributed by atoms with Crippen LogP contribution in [0.1, 0.15) is 0 Å². The van der Waals surface area contributed by atoms with E-state index >= 15 is 0 Å². The lowest BCUT2D eigenvalue weighted by molar-refractivity contribution is 0.0838. The molecule has 0 rings (SSSR count). The Morgan fingerprint density at radius 1 is 1.50 bits per heavy atom. The molecule has 5 heteroatoms. The van der Waals surface area contributed by atoms with Gasteiger partial charge in [0.2, 0.25) is 0 Å². The third-order valence-electron chi connectivity index (χ3n) is 0.534. The first-order chi connectivity index (χ1) is 3.18. The van der Waals surface area contributed by atoms with Gasteiger partial charge in [0.25, 0.3) is 6.43 Å². The standard InChI is InChI=1S/C3H7F2NO.ClH/c4-3(5)2(6)1-7;/h2-3,7H,1,6H2;1H/t2-;/m1./s1. The minimum atomic E-state index is -2.61. The molecule has 0 heterocycles. The van der Waals surface area contributed by atoms with Crippen LogP contribution in [-0.4, -0.2) is 24.2 Å². The van der Waals surface area contributed by atoms with E-state index in [0.29, 0.717) is 0 Å². The second-order valence-electron chi connectivity index (χ2n) is 1.18. The molecule has 0 amide bonds. The van der Waals surface area contributed by atoms with Crippen LogP contribution < -0.4 is 5.73 Å². The minimum absolute atomic E-state index is 0. The second kappa shape index (κ2) is 5.21. The van der Waals surface area contributed by atoms with Crippen LogP contribution in [0, 0.1) is 0 Å². The molecule has 0 spiro atoms. The molecule has 0 saturated carbocycles. The van der Waals surface area contributed by atoms with Crippen LogP contribution in [0.4, 0.5) is 8.78 Å². The maximum atomic E-state index is 11.1. The minimum Gasteiger partial charge on any atom is -0.395 e. The molecule has 2 nitrogen and oxygen atoms in total. The summed E-state index contributed by atoms with van der Waals surface area (Å²) in [6, 6.07) is -1.38. The zero-order chi connectivity index (χ0) is 5.86. The van der Waals surface area contributed by atoms with Crippen LogP contribution in [0.5, 0.6) is 0 Å². The highest BCUT2D eigenvalue weighted by Crippen LogP contribution is 1.94. The number of halogens is 3. The molecule has 52 valence electrons. The molecule has 0 aromatic carbocycles. The topological polar surface area (TPSA) is 46.2 Å². The Hall–Kier alpha value is 0.0700. The summed E-state index contributed by atoms with van der Waals surface area (Å²) in [4.78, 5) is 0. The van der Waals surface area contributed by atoms with Gasteiger partial charge in [-0.1, -0.05) is 0 Å². The fourth-order valence-electron chi connectivity index (χ4n) is 0.0797. The summed E-state index contributed by atoms with van der Waals surface area (Å²) in [5.74, 6) is 0. The molecule has 3 N–H and O–H groups in total. The molecule has 0 aliphatic carbocycles. The van der Waals surface area contributed by atoms with Gasteiger partial charge in [-0.05, 0) is 0 Å². The Labute approximate surface area is 52.1 Å². The van der Waals surface area contributed by atoms with Gasteiger partial charge in [0.1, 0.15) is 0 Å². The Morgan fingerprint density at radius 3 is 1.88 bits per heavy atom. The molecule has 0 aliphatic rings. The SMILES string of the molecule is Cl.N[C@H](CO)C(F)F. The molecule has 0 radical (unpaired) electrons. The van der Waals surface area contributed by atoms with Crippen molar-refractivity contribution in [3.8, 4) is 0 Å². The molecular weight excluding hydrogens is 139 g/mol. The molecule has 0 aromatic rings. The van der Waals surface area contributed by atoms with Crippen molar-refractivity contribution in [1.82, 2.24) is 0 Å². The lowest BCUT2D eigenvalue weighted by atomic mass is 10.4. The van der Waals surface area contributed by atoms with E-state index in [1.807, 2.05) is 0 Å². The summed E-state index contributed by atoms with van der Waals surface area (Å²) in [5, 5.41) is 7.90.